The Balaban J connectivity index is 1.47. The fourth-order valence-electron chi connectivity index (χ4n) is 4.30. The van der Waals surface area contributed by atoms with Gasteiger partial charge in [0.15, 0.2) is 0 Å². The van der Waals surface area contributed by atoms with Gasteiger partial charge in [-0.3, -0.25) is 4.79 Å². The molecule has 1 atom stereocenters. The average Bonchev–Trinajstić information content (AvgIpc) is 3.10. The quantitative estimate of drug-likeness (QED) is 0.367. The Kier molecular flexibility index (Phi) is 6.74. The Bertz CT molecular complexity index is 1160. The molecule has 0 fully saturated rings. The number of nitrogens with one attached hydrogen (secondary N) is 1. The summed E-state index contributed by atoms with van der Waals surface area (Å²) < 4.78 is 11.3. The number of rotatable bonds is 7. The molecule has 3 aromatic carbocycles. The topological polar surface area (TPSA) is 90.6 Å². The summed E-state index contributed by atoms with van der Waals surface area (Å²) in [5, 5.41) is 2.72. The number of alkyl carbamates (subject to hydrolysis) is 1. The minimum Gasteiger partial charge on any atom is -0.518 e. The lowest BCUT2D eigenvalue weighted by Gasteiger charge is -2.24. The molecule has 0 saturated heterocycles. The van der Waals surface area contributed by atoms with Gasteiger partial charge in [0.1, 0.15) is 12.6 Å². The molecule has 1 amide bonds. The van der Waals surface area contributed by atoms with Crippen LogP contribution in [0.4, 0.5) is 10.5 Å². The molecule has 0 aliphatic heterocycles. The highest BCUT2D eigenvalue weighted by molar-refractivity contribution is 6.71. The van der Waals surface area contributed by atoms with Crippen LogP contribution < -0.4 is 11.1 Å². The minimum absolute atomic E-state index is 0.0561. The number of anilines is 1. The Hall–Kier alpha value is -3.58. The molecule has 1 aliphatic rings. The van der Waals surface area contributed by atoms with E-state index in [0.29, 0.717) is 5.69 Å². The lowest BCUT2D eigenvalue weighted by Crippen LogP contribution is -2.47. The maximum absolute atomic E-state index is 12.9. The third-order valence-electron chi connectivity index (χ3n) is 5.72. The molecule has 0 spiro atoms. The van der Waals surface area contributed by atoms with Gasteiger partial charge in [0.05, 0.1) is 0 Å². The van der Waals surface area contributed by atoms with Crippen molar-refractivity contribution in [2.45, 2.75) is 38.0 Å². The third-order valence-corrected chi connectivity index (χ3v) is 6.53. The number of amides is 1. The van der Waals surface area contributed by atoms with E-state index in [2.05, 4.69) is 29.6 Å². The van der Waals surface area contributed by atoms with Gasteiger partial charge in [0, 0.05) is 18.0 Å². The zero-order chi connectivity index (χ0) is 24.3. The van der Waals surface area contributed by atoms with Crippen LogP contribution in [0.5, 0.6) is 0 Å². The van der Waals surface area contributed by atoms with Crippen molar-refractivity contribution in [1.82, 2.24) is 5.32 Å². The second-order valence-electron chi connectivity index (χ2n) is 9.51. The Morgan fingerprint density at radius 3 is 2.15 bits per heavy atom. The van der Waals surface area contributed by atoms with E-state index in [-0.39, 0.29) is 18.9 Å². The number of ether oxygens (including phenoxy) is 1. The van der Waals surface area contributed by atoms with Crippen LogP contribution in [0.25, 0.3) is 11.1 Å². The van der Waals surface area contributed by atoms with Gasteiger partial charge in [-0.2, -0.15) is 0 Å². The van der Waals surface area contributed by atoms with E-state index in [1.165, 1.54) is 0 Å². The van der Waals surface area contributed by atoms with Gasteiger partial charge in [-0.05, 0) is 59.6 Å². The van der Waals surface area contributed by atoms with E-state index < -0.39 is 26.4 Å². The predicted octanol–water partition coefficient (Wildman–Crippen LogP) is 5.10. The van der Waals surface area contributed by atoms with Gasteiger partial charge in [-0.25, -0.2) is 4.79 Å². The lowest BCUT2D eigenvalue weighted by atomic mass is 9.98. The van der Waals surface area contributed by atoms with E-state index in [9.17, 15) is 9.59 Å². The highest BCUT2D eigenvalue weighted by Gasteiger charge is 2.31. The Labute approximate surface area is 201 Å². The summed E-state index contributed by atoms with van der Waals surface area (Å²) >= 11 is 0. The molecule has 3 N–H and O–H groups in total. The largest absolute Gasteiger partial charge is 0.518 e. The molecule has 0 bridgehead atoms. The van der Waals surface area contributed by atoms with Crippen molar-refractivity contribution in [1.29, 1.82) is 0 Å². The number of nitrogens with two attached hydrogens (primary N) is 1. The lowest BCUT2D eigenvalue weighted by molar-refractivity contribution is -0.137. The van der Waals surface area contributed by atoms with Crippen molar-refractivity contribution in [3.05, 3.63) is 89.5 Å². The normalized spacial score (nSPS) is 13.5. The molecule has 0 saturated carbocycles. The first-order valence-electron chi connectivity index (χ1n) is 11.4. The van der Waals surface area contributed by atoms with E-state index in [4.69, 9.17) is 14.9 Å². The summed E-state index contributed by atoms with van der Waals surface area (Å²) in [5.41, 5.74) is 11.9. The van der Waals surface area contributed by atoms with Gasteiger partial charge >= 0.3 is 12.1 Å². The number of hydrogen-bond acceptors (Lipinski definition) is 5. The molecular weight excluding hydrogens is 444 g/mol. The van der Waals surface area contributed by atoms with Crippen LogP contribution in [-0.2, 0) is 20.4 Å². The maximum Gasteiger partial charge on any atom is 0.407 e. The van der Waals surface area contributed by atoms with Crippen LogP contribution in [0.2, 0.25) is 19.6 Å². The van der Waals surface area contributed by atoms with Crippen molar-refractivity contribution < 1.29 is 18.8 Å². The van der Waals surface area contributed by atoms with Gasteiger partial charge in [0.25, 0.3) is 0 Å². The van der Waals surface area contributed by atoms with E-state index >= 15 is 0 Å². The van der Waals surface area contributed by atoms with Crippen molar-refractivity contribution in [3.8, 4) is 11.1 Å². The molecule has 0 radical (unpaired) electrons. The molecular formula is C27H30N2O4Si. The van der Waals surface area contributed by atoms with Crippen molar-refractivity contribution >= 4 is 26.1 Å². The second-order valence-corrected chi connectivity index (χ2v) is 13.9. The highest BCUT2D eigenvalue weighted by atomic mass is 28.4. The summed E-state index contributed by atoms with van der Waals surface area (Å²) in [5.74, 6) is -0.519. The molecule has 176 valence electrons. The van der Waals surface area contributed by atoms with Crippen LogP contribution in [0.15, 0.2) is 72.8 Å². The minimum atomic E-state index is -2.15. The predicted molar refractivity (Wildman–Crippen MR) is 136 cm³/mol. The molecule has 0 aromatic heterocycles. The number of benzene rings is 3. The summed E-state index contributed by atoms with van der Waals surface area (Å²) in [6.45, 7) is 5.95. The molecule has 7 heteroatoms. The van der Waals surface area contributed by atoms with E-state index in [1.54, 1.807) is 12.1 Å². The van der Waals surface area contributed by atoms with Crippen molar-refractivity contribution in [3.63, 3.8) is 0 Å². The first kappa shape index (κ1) is 23.6. The monoisotopic (exact) mass is 474 g/mol. The average molecular weight is 475 g/mol. The highest BCUT2D eigenvalue weighted by Crippen LogP contribution is 2.44. The van der Waals surface area contributed by atoms with Crippen LogP contribution >= 0.6 is 0 Å². The van der Waals surface area contributed by atoms with Crippen molar-refractivity contribution in [2.24, 2.45) is 0 Å². The summed E-state index contributed by atoms with van der Waals surface area (Å²) in [7, 11) is -2.15. The SMILES string of the molecule is C[Si](C)(C)OC(=O)[C@H](Cc1cccc(N)c1)NC(=O)OCC1c2ccccc2-c2ccccc21. The molecule has 3 aromatic rings. The fourth-order valence-corrected chi connectivity index (χ4v) is 5.05. The van der Waals surface area contributed by atoms with Crippen LogP contribution in [0, 0.1) is 0 Å². The van der Waals surface area contributed by atoms with Gasteiger partial charge in [-0.1, -0.05) is 60.7 Å². The molecule has 6 nitrogen and oxygen atoms in total. The second kappa shape index (κ2) is 9.73. The summed E-state index contributed by atoms with van der Waals surface area (Å²) in [6.07, 6.45) is -0.387. The zero-order valence-corrected chi connectivity index (χ0v) is 20.7. The van der Waals surface area contributed by atoms with E-state index in [1.807, 2.05) is 56.0 Å². The zero-order valence-electron chi connectivity index (χ0n) is 19.7. The fraction of sp³-hybridized carbons (Fsp3) is 0.259. The molecule has 0 heterocycles. The number of nitrogen functional groups attached to an aromatic ring is 1. The molecule has 1 aliphatic carbocycles. The van der Waals surface area contributed by atoms with Gasteiger partial charge in [0.2, 0.25) is 8.32 Å². The van der Waals surface area contributed by atoms with E-state index in [0.717, 1.165) is 27.8 Å². The first-order valence-corrected chi connectivity index (χ1v) is 14.8. The van der Waals surface area contributed by atoms with Crippen LogP contribution in [0.3, 0.4) is 0 Å². The standard InChI is InChI=1S/C27H30N2O4Si/c1-34(2,3)33-26(30)25(16-18-9-8-10-19(28)15-18)29-27(31)32-17-24-22-13-6-4-11-20(22)21-12-5-7-14-23(21)24/h4-15,24-25H,16-17,28H2,1-3H3,(H,29,31)/t25-/m0/s1. The number of fused-ring (bicyclic) bond motifs is 3. The molecule has 0 unspecified atom stereocenters. The van der Waals surface area contributed by atoms with Crippen LogP contribution in [-0.4, -0.2) is 33.0 Å². The number of hydrogen-bond donors (Lipinski definition) is 2. The molecule has 4 rings (SSSR count). The smallest absolute Gasteiger partial charge is 0.407 e. The number of carbonyl (C=O) groups is 2. The molecule has 34 heavy (non-hydrogen) atoms. The van der Waals surface area contributed by atoms with Gasteiger partial charge < -0.3 is 20.2 Å². The summed E-state index contributed by atoms with van der Waals surface area (Å²) in [6, 6.07) is 22.7. The Morgan fingerprint density at radius 2 is 1.56 bits per heavy atom. The van der Waals surface area contributed by atoms with Crippen LogP contribution in [0.1, 0.15) is 22.6 Å². The Morgan fingerprint density at radius 1 is 0.941 bits per heavy atom. The first-order chi connectivity index (χ1) is 16.2. The maximum atomic E-state index is 12.9. The van der Waals surface area contributed by atoms with Gasteiger partial charge in [-0.15, -0.1) is 0 Å². The number of carbonyl (C=O) groups excluding carboxylic acids is 2. The summed E-state index contributed by atoms with van der Waals surface area (Å²) in [4.78, 5) is 25.7. The van der Waals surface area contributed by atoms with Crippen molar-refractivity contribution in [2.75, 3.05) is 12.3 Å². The third kappa shape index (κ3) is 5.48.